The summed E-state index contributed by atoms with van der Waals surface area (Å²) in [5.41, 5.74) is 1.12. The Balaban J connectivity index is 1.75. The molecule has 0 atom stereocenters. The van der Waals surface area contributed by atoms with E-state index in [1.807, 2.05) is 0 Å². The number of sulfonamides is 1. The van der Waals surface area contributed by atoms with Crippen LogP contribution in [0.25, 0.3) is 11.5 Å². The van der Waals surface area contributed by atoms with Crippen molar-refractivity contribution in [3.63, 3.8) is 0 Å². The van der Waals surface area contributed by atoms with Crippen molar-refractivity contribution in [1.82, 2.24) is 9.71 Å². The maximum absolute atomic E-state index is 13.6. The van der Waals surface area contributed by atoms with Gasteiger partial charge in [-0.25, -0.2) is 21.9 Å². The van der Waals surface area contributed by atoms with Gasteiger partial charge >= 0.3 is 0 Å². The molecule has 0 bridgehead atoms. The molecule has 3 rings (SSSR count). The summed E-state index contributed by atoms with van der Waals surface area (Å²) in [6.45, 7) is -0.151. The molecule has 0 aliphatic carbocycles. The minimum Gasteiger partial charge on any atom is -0.463 e. The molecule has 2 aromatic heterocycles. The Kier molecular flexibility index (Phi) is 4.41. The van der Waals surface area contributed by atoms with Gasteiger partial charge < -0.3 is 4.42 Å². The highest BCUT2D eigenvalue weighted by atomic mass is 32.2. The van der Waals surface area contributed by atoms with Gasteiger partial charge in [0.15, 0.2) is 10.7 Å². The van der Waals surface area contributed by atoms with E-state index in [0.717, 1.165) is 18.2 Å². The van der Waals surface area contributed by atoms with Crippen molar-refractivity contribution in [2.75, 3.05) is 0 Å². The Hall–Kier alpha value is -2.58. The number of nitrogens with zero attached hydrogens (tertiary/aromatic N) is 1. The zero-order valence-electron chi connectivity index (χ0n) is 12.2. The van der Waals surface area contributed by atoms with Crippen LogP contribution in [0.3, 0.4) is 0 Å². The molecular weight excluding hydrogens is 338 g/mol. The molecule has 0 fully saturated rings. The maximum Gasteiger partial charge on any atom is 0.246 e. The largest absolute Gasteiger partial charge is 0.463 e. The molecule has 0 radical (unpaired) electrons. The number of hydrogen-bond donors (Lipinski definition) is 1. The molecule has 0 saturated heterocycles. The number of hydrogen-bond acceptors (Lipinski definition) is 4. The van der Waals surface area contributed by atoms with E-state index in [9.17, 15) is 17.2 Å². The number of halogens is 2. The van der Waals surface area contributed by atoms with Gasteiger partial charge in [-0.15, -0.1) is 0 Å². The average molecular weight is 350 g/mol. The molecule has 0 spiro atoms. The quantitative estimate of drug-likeness (QED) is 0.767. The number of nitrogens with one attached hydrogen (secondary N) is 1. The molecule has 0 aliphatic heterocycles. The molecule has 8 heteroatoms. The van der Waals surface area contributed by atoms with Crippen molar-refractivity contribution in [3.8, 4) is 11.5 Å². The molecule has 0 amide bonds. The van der Waals surface area contributed by atoms with Crippen molar-refractivity contribution in [2.45, 2.75) is 11.4 Å². The van der Waals surface area contributed by atoms with Crippen LogP contribution in [-0.4, -0.2) is 13.4 Å². The Morgan fingerprint density at radius 2 is 1.79 bits per heavy atom. The van der Waals surface area contributed by atoms with E-state index in [4.69, 9.17) is 4.42 Å². The van der Waals surface area contributed by atoms with E-state index in [1.165, 1.54) is 12.5 Å². The molecule has 3 aromatic rings. The van der Waals surface area contributed by atoms with Gasteiger partial charge in [-0.3, -0.25) is 4.98 Å². The van der Waals surface area contributed by atoms with Crippen LogP contribution < -0.4 is 4.72 Å². The summed E-state index contributed by atoms with van der Waals surface area (Å²) in [4.78, 5) is 3.16. The molecule has 124 valence electrons. The number of rotatable bonds is 5. The van der Waals surface area contributed by atoms with Gasteiger partial charge in [0.05, 0.1) is 6.26 Å². The SMILES string of the molecule is O=S(=O)(NCc1ccc(-c2ccco2)nc1)c1c(F)cccc1F. The highest BCUT2D eigenvalue weighted by molar-refractivity contribution is 7.89. The average Bonchev–Trinajstić information content (AvgIpc) is 3.07. The Labute approximate surface area is 137 Å². The van der Waals surface area contributed by atoms with E-state index >= 15 is 0 Å². The fraction of sp³-hybridized carbons (Fsp3) is 0.0625. The van der Waals surface area contributed by atoms with E-state index in [2.05, 4.69) is 9.71 Å². The van der Waals surface area contributed by atoms with Crippen molar-refractivity contribution < 1.29 is 21.6 Å². The molecule has 0 aliphatic rings. The third-order valence-corrected chi connectivity index (χ3v) is 4.70. The van der Waals surface area contributed by atoms with E-state index in [-0.39, 0.29) is 6.54 Å². The first kappa shape index (κ1) is 16.3. The number of pyridine rings is 1. The second-order valence-corrected chi connectivity index (χ2v) is 6.61. The van der Waals surface area contributed by atoms with Crippen molar-refractivity contribution in [2.24, 2.45) is 0 Å². The molecule has 5 nitrogen and oxygen atoms in total. The second-order valence-electron chi connectivity index (χ2n) is 4.90. The lowest BCUT2D eigenvalue weighted by molar-refractivity contribution is 0.514. The second kappa shape index (κ2) is 6.50. The summed E-state index contributed by atoms with van der Waals surface area (Å²) < 4.78 is 58.7. The topological polar surface area (TPSA) is 72.2 Å². The summed E-state index contributed by atoms with van der Waals surface area (Å²) >= 11 is 0. The van der Waals surface area contributed by atoms with Crippen molar-refractivity contribution in [3.05, 3.63) is 72.1 Å². The van der Waals surface area contributed by atoms with E-state index < -0.39 is 26.6 Å². The predicted octanol–water partition coefficient (Wildman–Crippen LogP) is 3.10. The van der Waals surface area contributed by atoms with Crippen LogP contribution in [0.1, 0.15) is 5.56 Å². The summed E-state index contributed by atoms with van der Waals surface area (Å²) in [5, 5.41) is 0. The van der Waals surface area contributed by atoms with Crippen LogP contribution in [-0.2, 0) is 16.6 Å². The Bertz CT molecular complexity index is 920. The zero-order chi connectivity index (χ0) is 17.2. The van der Waals surface area contributed by atoms with Crippen LogP contribution in [0, 0.1) is 11.6 Å². The number of aromatic nitrogens is 1. The maximum atomic E-state index is 13.6. The minimum absolute atomic E-state index is 0.151. The van der Waals surface area contributed by atoms with Crippen LogP contribution in [0.15, 0.2) is 64.2 Å². The van der Waals surface area contributed by atoms with Crippen LogP contribution in [0.4, 0.5) is 8.78 Å². The normalized spacial score (nSPS) is 11.6. The first-order valence-electron chi connectivity index (χ1n) is 6.90. The fourth-order valence-corrected chi connectivity index (χ4v) is 3.24. The van der Waals surface area contributed by atoms with E-state index in [0.29, 0.717) is 17.0 Å². The van der Waals surface area contributed by atoms with Gasteiger partial charge in [0.1, 0.15) is 17.3 Å². The Morgan fingerprint density at radius 3 is 2.38 bits per heavy atom. The van der Waals surface area contributed by atoms with Gasteiger partial charge in [-0.1, -0.05) is 12.1 Å². The molecular formula is C16H12F2N2O3S. The smallest absolute Gasteiger partial charge is 0.246 e. The first-order valence-corrected chi connectivity index (χ1v) is 8.38. The zero-order valence-corrected chi connectivity index (χ0v) is 13.1. The van der Waals surface area contributed by atoms with Crippen molar-refractivity contribution >= 4 is 10.0 Å². The third-order valence-electron chi connectivity index (χ3n) is 3.25. The predicted molar refractivity (Wildman–Crippen MR) is 82.3 cm³/mol. The summed E-state index contributed by atoms with van der Waals surface area (Å²) in [5.74, 6) is -1.71. The van der Waals surface area contributed by atoms with Crippen molar-refractivity contribution in [1.29, 1.82) is 0 Å². The molecule has 24 heavy (non-hydrogen) atoms. The molecule has 0 unspecified atom stereocenters. The number of benzene rings is 1. The van der Waals surface area contributed by atoms with Gasteiger partial charge in [0.25, 0.3) is 0 Å². The van der Waals surface area contributed by atoms with Gasteiger partial charge in [-0.05, 0) is 35.9 Å². The fourth-order valence-electron chi connectivity index (χ4n) is 2.09. The summed E-state index contributed by atoms with van der Waals surface area (Å²) in [7, 11) is -4.32. The minimum atomic E-state index is -4.32. The highest BCUT2D eigenvalue weighted by Crippen LogP contribution is 2.19. The van der Waals surface area contributed by atoms with Gasteiger partial charge in [0.2, 0.25) is 10.0 Å². The lowest BCUT2D eigenvalue weighted by atomic mass is 10.2. The highest BCUT2D eigenvalue weighted by Gasteiger charge is 2.23. The standard InChI is InChI=1S/C16H12F2N2O3S/c17-12-3-1-4-13(18)16(12)24(21,22)20-10-11-6-7-14(19-9-11)15-5-2-8-23-15/h1-9,20H,10H2. The lowest BCUT2D eigenvalue weighted by Gasteiger charge is -2.08. The molecule has 0 saturated carbocycles. The van der Waals surface area contributed by atoms with Crippen LogP contribution in [0.2, 0.25) is 0 Å². The van der Waals surface area contributed by atoms with Gasteiger partial charge in [0, 0.05) is 12.7 Å². The van der Waals surface area contributed by atoms with Gasteiger partial charge in [-0.2, -0.15) is 0 Å². The molecule has 1 N–H and O–H groups in total. The molecule has 1 aromatic carbocycles. The van der Waals surface area contributed by atoms with E-state index in [1.54, 1.807) is 24.3 Å². The first-order chi connectivity index (χ1) is 11.5. The Morgan fingerprint density at radius 1 is 1.04 bits per heavy atom. The lowest BCUT2D eigenvalue weighted by Crippen LogP contribution is -2.25. The monoisotopic (exact) mass is 350 g/mol. The summed E-state index contributed by atoms with van der Waals surface area (Å²) in [6.07, 6.45) is 2.97. The van der Waals surface area contributed by atoms with Crippen LogP contribution >= 0.6 is 0 Å². The third kappa shape index (κ3) is 3.34. The molecule has 2 heterocycles. The van der Waals surface area contributed by atoms with Crippen LogP contribution in [0.5, 0.6) is 0 Å². The number of furan rings is 1. The summed E-state index contributed by atoms with van der Waals surface area (Å²) in [6, 6.07) is 9.64.